The highest BCUT2D eigenvalue weighted by Crippen LogP contribution is 2.18. The van der Waals surface area contributed by atoms with Gasteiger partial charge in [0.05, 0.1) is 11.3 Å². The molecule has 0 atom stereocenters. The molecule has 1 aliphatic rings. The molecule has 0 unspecified atom stereocenters. The van der Waals surface area contributed by atoms with Gasteiger partial charge in [-0.15, -0.1) is 6.42 Å². The molecule has 0 spiro atoms. The lowest BCUT2D eigenvalue weighted by Gasteiger charge is -2.27. The van der Waals surface area contributed by atoms with Crippen LogP contribution in [0, 0.1) is 12.3 Å². The molecule has 102 valence electrons. The van der Waals surface area contributed by atoms with Gasteiger partial charge in [0, 0.05) is 12.8 Å². The Bertz CT molecular complexity index is 586. The highest BCUT2D eigenvalue weighted by Gasteiger charge is 2.24. The monoisotopic (exact) mass is 272 g/mol. The molecule has 2 rings (SSSR count). The van der Waals surface area contributed by atoms with E-state index in [0.29, 0.717) is 11.3 Å². The molecule has 1 fully saturated rings. The number of nitrogens with one attached hydrogen (secondary N) is 1. The van der Waals surface area contributed by atoms with Crippen molar-refractivity contribution in [3.05, 3.63) is 29.8 Å². The molecule has 0 radical (unpaired) electrons. The number of hydrogen-bond donors (Lipinski definition) is 1. The van der Waals surface area contributed by atoms with Crippen LogP contribution >= 0.6 is 0 Å². The van der Waals surface area contributed by atoms with E-state index < -0.39 is 5.97 Å². The third-order valence-corrected chi connectivity index (χ3v) is 2.70. The Morgan fingerprint density at radius 1 is 1.30 bits per heavy atom. The topological polar surface area (TPSA) is 75.7 Å². The summed E-state index contributed by atoms with van der Waals surface area (Å²) < 4.78 is 4.78. The summed E-state index contributed by atoms with van der Waals surface area (Å²) in [5.41, 5.74) is 3.27. The lowest BCUT2D eigenvalue weighted by molar-refractivity contribution is -0.130. The van der Waals surface area contributed by atoms with Gasteiger partial charge in [0.1, 0.15) is 0 Å². The number of ether oxygens (including phenoxy) is 1. The molecule has 0 saturated carbocycles. The van der Waals surface area contributed by atoms with Gasteiger partial charge in [-0.05, 0) is 24.3 Å². The molecule has 0 aromatic heterocycles. The summed E-state index contributed by atoms with van der Waals surface area (Å²) in [6, 6.07) is 6.11. The number of nitrogens with zero attached hydrogens (tertiary/aromatic N) is 1. The van der Waals surface area contributed by atoms with Gasteiger partial charge < -0.3 is 4.74 Å². The SMILES string of the molecule is C#CCOC(=O)c1ccc(N2NC(=O)CCC2=O)cc1. The molecule has 6 heteroatoms. The zero-order valence-corrected chi connectivity index (χ0v) is 10.6. The van der Waals surface area contributed by atoms with Crippen LogP contribution in [-0.2, 0) is 14.3 Å². The predicted octanol–water partition coefficient (Wildman–Crippen LogP) is 0.635. The van der Waals surface area contributed by atoms with E-state index in [1.807, 2.05) is 0 Å². The second-order valence-corrected chi connectivity index (χ2v) is 4.09. The smallest absolute Gasteiger partial charge is 0.339 e. The van der Waals surface area contributed by atoms with Crippen molar-refractivity contribution in [2.75, 3.05) is 11.6 Å². The summed E-state index contributed by atoms with van der Waals surface area (Å²) in [5.74, 6) is 1.24. The van der Waals surface area contributed by atoms with Gasteiger partial charge in [0.15, 0.2) is 6.61 Å². The van der Waals surface area contributed by atoms with Crippen molar-refractivity contribution in [2.24, 2.45) is 0 Å². The first kappa shape index (κ1) is 13.6. The minimum atomic E-state index is -0.538. The molecule has 1 N–H and O–H groups in total. The minimum absolute atomic E-state index is 0.0960. The Morgan fingerprint density at radius 3 is 2.65 bits per heavy atom. The van der Waals surface area contributed by atoms with Crippen LogP contribution in [0.3, 0.4) is 0 Å². The third-order valence-electron chi connectivity index (χ3n) is 2.70. The standard InChI is InChI=1S/C14H12N2O4/c1-2-9-20-14(19)10-3-5-11(6-4-10)16-13(18)8-7-12(17)15-16/h1,3-6H,7-9H2,(H,15,17). The van der Waals surface area contributed by atoms with Gasteiger partial charge >= 0.3 is 5.97 Å². The van der Waals surface area contributed by atoms with Gasteiger partial charge in [-0.2, -0.15) is 0 Å². The van der Waals surface area contributed by atoms with Crippen molar-refractivity contribution in [3.8, 4) is 12.3 Å². The number of amides is 2. The van der Waals surface area contributed by atoms with Crippen molar-refractivity contribution in [2.45, 2.75) is 12.8 Å². The molecule has 1 aromatic rings. The molecular weight excluding hydrogens is 260 g/mol. The summed E-state index contributed by atoms with van der Waals surface area (Å²) in [7, 11) is 0. The fourth-order valence-corrected chi connectivity index (χ4v) is 1.72. The molecule has 1 heterocycles. The highest BCUT2D eigenvalue weighted by molar-refractivity contribution is 6.01. The first-order chi connectivity index (χ1) is 9.61. The van der Waals surface area contributed by atoms with E-state index in [0.717, 1.165) is 0 Å². The average Bonchev–Trinajstić information content (AvgIpc) is 2.47. The third kappa shape index (κ3) is 2.95. The van der Waals surface area contributed by atoms with Crippen LogP contribution in [0.5, 0.6) is 0 Å². The lowest BCUT2D eigenvalue weighted by Crippen LogP contribution is -2.50. The summed E-state index contributed by atoms with van der Waals surface area (Å²) in [5, 5.41) is 1.17. The van der Waals surface area contributed by atoms with Crippen molar-refractivity contribution in [1.29, 1.82) is 0 Å². The minimum Gasteiger partial charge on any atom is -0.449 e. The van der Waals surface area contributed by atoms with Crippen LogP contribution in [0.4, 0.5) is 5.69 Å². The number of rotatable bonds is 3. The number of carbonyl (C=O) groups is 3. The Balaban J connectivity index is 2.11. The predicted molar refractivity (Wildman–Crippen MR) is 70.4 cm³/mol. The van der Waals surface area contributed by atoms with E-state index in [1.165, 1.54) is 17.1 Å². The van der Waals surface area contributed by atoms with E-state index in [-0.39, 0.29) is 31.3 Å². The number of benzene rings is 1. The van der Waals surface area contributed by atoms with Crippen LogP contribution in [0.25, 0.3) is 0 Å². The number of terminal acetylenes is 1. The first-order valence-corrected chi connectivity index (χ1v) is 5.95. The molecule has 1 aliphatic heterocycles. The molecule has 2 amide bonds. The molecule has 0 aliphatic carbocycles. The number of anilines is 1. The first-order valence-electron chi connectivity index (χ1n) is 5.95. The summed E-state index contributed by atoms with van der Waals surface area (Å²) in [6.07, 6.45) is 5.34. The quantitative estimate of drug-likeness (QED) is 0.647. The van der Waals surface area contributed by atoms with E-state index >= 15 is 0 Å². The van der Waals surface area contributed by atoms with Crippen LogP contribution in [0.1, 0.15) is 23.2 Å². The van der Waals surface area contributed by atoms with Gasteiger partial charge in [-0.1, -0.05) is 5.92 Å². The van der Waals surface area contributed by atoms with E-state index in [9.17, 15) is 14.4 Å². The fourth-order valence-electron chi connectivity index (χ4n) is 1.72. The molecule has 1 saturated heterocycles. The molecular formula is C14H12N2O4. The van der Waals surface area contributed by atoms with Gasteiger partial charge in [-0.3, -0.25) is 15.0 Å². The van der Waals surface area contributed by atoms with Crippen LogP contribution in [0.2, 0.25) is 0 Å². The van der Waals surface area contributed by atoms with Crippen molar-refractivity contribution in [3.63, 3.8) is 0 Å². The Hall–Kier alpha value is -2.81. The van der Waals surface area contributed by atoms with Crippen molar-refractivity contribution < 1.29 is 19.1 Å². The maximum Gasteiger partial charge on any atom is 0.339 e. The van der Waals surface area contributed by atoms with Gasteiger partial charge in [0.2, 0.25) is 11.8 Å². The zero-order chi connectivity index (χ0) is 14.5. The van der Waals surface area contributed by atoms with E-state index in [2.05, 4.69) is 11.3 Å². The molecule has 1 aromatic carbocycles. The van der Waals surface area contributed by atoms with Crippen LogP contribution in [0.15, 0.2) is 24.3 Å². The van der Waals surface area contributed by atoms with Crippen LogP contribution in [-0.4, -0.2) is 24.4 Å². The number of carbonyl (C=O) groups excluding carboxylic acids is 3. The molecule has 20 heavy (non-hydrogen) atoms. The maximum absolute atomic E-state index is 11.7. The Labute approximate surface area is 115 Å². The Kier molecular flexibility index (Phi) is 4.01. The van der Waals surface area contributed by atoms with Crippen LogP contribution < -0.4 is 10.4 Å². The second kappa shape index (κ2) is 5.89. The lowest BCUT2D eigenvalue weighted by atomic mass is 10.2. The van der Waals surface area contributed by atoms with Crippen molar-refractivity contribution >= 4 is 23.5 Å². The van der Waals surface area contributed by atoms with E-state index in [1.54, 1.807) is 12.1 Å². The summed E-state index contributed by atoms with van der Waals surface area (Å²) >= 11 is 0. The number of hydrogen-bond acceptors (Lipinski definition) is 4. The van der Waals surface area contributed by atoms with E-state index in [4.69, 9.17) is 11.2 Å². The summed E-state index contributed by atoms with van der Waals surface area (Å²) in [6.45, 7) is -0.0960. The zero-order valence-electron chi connectivity index (χ0n) is 10.6. The number of hydrazine groups is 1. The highest BCUT2D eigenvalue weighted by atomic mass is 16.5. The fraction of sp³-hybridized carbons (Fsp3) is 0.214. The van der Waals surface area contributed by atoms with Gasteiger partial charge in [0.25, 0.3) is 0 Å². The molecule has 6 nitrogen and oxygen atoms in total. The second-order valence-electron chi connectivity index (χ2n) is 4.09. The number of esters is 1. The molecule has 0 bridgehead atoms. The van der Waals surface area contributed by atoms with Crippen molar-refractivity contribution in [1.82, 2.24) is 5.43 Å². The summed E-state index contributed by atoms with van der Waals surface area (Å²) in [4.78, 5) is 34.5. The Morgan fingerprint density at radius 2 is 2.00 bits per heavy atom. The largest absolute Gasteiger partial charge is 0.449 e. The van der Waals surface area contributed by atoms with Gasteiger partial charge in [-0.25, -0.2) is 9.80 Å². The normalized spacial score (nSPS) is 14.4. The average molecular weight is 272 g/mol. The maximum atomic E-state index is 11.7.